The van der Waals surface area contributed by atoms with E-state index in [0.717, 1.165) is 61.4 Å². The summed E-state index contributed by atoms with van der Waals surface area (Å²) in [6.45, 7) is 4.20. The van der Waals surface area contributed by atoms with E-state index in [1.165, 1.54) is 13.2 Å². The third kappa shape index (κ3) is 4.25. The van der Waals surface area contributed by atoms with E-state index >= 15 is 0 Å². The summed E-state index contributed by atoms with van der Waals surface area (Å²) in [5.41, 5.74) is 1.32. The Morgan fingerprint density at radius 1 is 1.10 bits per heavy atom. The third-order valence-electron chi connectivity index (χ3n) is 8.60. The summed E-state index contributed by atoms with van der Waals surface area (Å²) in [4.78, 5) is 8.18. The van der Waals surface area contributed by atoms with Crippen LogP contribution in [0.25, 0.3) is 5.69 Å². The quantitative estimate of drug-likeness (QED) is 0.453. The van der Waals surface area contributed by atoms with Crippen molar-refractivity contribution in [1.29, 1.82) is 0 Å². The van der Waals surface area contributed by atoms with Crippen molar-refractivity contribution in [2.45, 2.75) is 50.5 Å². The van der Waals surface area contributed by atoms with Crippen molar-refractivity contribution in [1.82, 2.24) is 24.6 Å². The summed E-state index contributed by atoms with van der Waals surface area (Å²) < 4.78 is 53.0. The molecular formula is C27H28ClF3N6O2. The molecule has 1 atom stereocenters. The molecule has 3 aromatic rings. The van der Waals surface area contributed by atoms with E-state index in [9.17, 15) is 13.2 Å². The van der Waals surface area contributed by atoms with Crippen LogP contribution in [0.1, 0.15) is 48.1 Å². The molecule has 2 saturated heterocycles. The highest BCUT2D eigenvalue weighted by Gasteiger charge is 2.55. The van der Waals surface area contributed by atoms with Gasteiger partial charge in [-0.1, -0.05) is 11.6 Å². The number of benzene rings is 1. The van der Waals surface area contributed by atoms with Gasteiger partial charge in [0.2, 0.25) is 0 Å². The van der Waals surface area contributed by atoms with Crippen LogP contribution >= 0.6 is 11.6 Å². The molecule has 1 aliphatic carbocycles. The topological polar surface area (TPSA) is 68.5 Å². The van der Waals surface area contributed by atoms with Gasteiger partial charge < -0.3 is 14.4 Å². The Hall–Kier alpha value is -2.89. The Kier molecular flexibility index (Phi) is 5.84. The fraction of sp³-hybridized carbons (Fsp3) is 0.519. The normalized spacial score (nSPS) is 22.7. The van der Waals surface area contributed by atoms with Crippen LogP contribution in [-0.4, -0.2) is 64.1 Å². The molecule has 0 bridgehead atoms. The molecule has 2 aromatic heterocycles. The molecule has 0 N–H and O–H groups in total. The fourth-order valence-corrected chi connectivity index (χ4v) is 6.90. The zero-order valence-corrected chi connectivity index (χ0v) is 22.2. The molecule has 0 radical (unpaired) electrons. The van der Waals surface area contributed by atoms with E-state index in [0.29, 0.717) is 43.1 Å². The van der Waals surface area contributed by atoms with Crippen molar-refractivity contribution in [3.05, 3.63) is 58.3 Å². The number of hydrogen-bond acceptors (Lipinski definition) is 7. The second-order valence-electron chi connectivity index (χ2n) is 11.2. The summed E-state index contributed by atoms with van der Waals surface area (Å²) in [6.07, 6.45) is -1.72. The minimum atomic E-state index is -4.50. The lowest BCUT2D eigenvalue weighted by atomic mass is 9.57. The van der Waals surface area contributed by atoms with E-state index in [2.05, 4.69) is 24.6 Å². The van der Waals surface area contributed by atoms with Crippen LogP contribution in [0.3, 0.4) is 0 Å². The molecule has 0 amide bonds. The van der Waals surface area contributed by atoms with Gasteiger partial charge in [0, 0.05) is 48.6 Å². The zero-order valence-electron chi connectivity index (χ0n) is 21.4. The first-order chi connectivity index (χ1) is 18.7. The van der Waals surface area contributed by atoms with Crippen LogP contribution in [-0.2, 0) is 24.0 Å². The first-order valence-electron chi connectivity index (χ1n) is 13.1. The summed E-state index contributed by atoms with van der Waals surface area (Å²) in [7, 11) is 1.45. The maximum atomic E-state index is 13.3. The van der Waals surface area contributed by atoms with Crippen molar-refractivity contribution in [3.63, 3.8) is 0 Å². The molecule has 7 rings (SSSR count). The van der Waals surface area contributed by atoms with Gasteiger partial charge in [0.25, 0.3) is 0 Å². The molecule has 5 heterocycles. The molecule has 1 spiro atoms. The van der Waals surface area contributed by atoms with E-state index in [1.54, 1.807) is 0 Å². The van der Waals surface area contributed by atoms with Gasteiger partial charge >= 0.3 is 6.18 Å². The molecule has 39 heavy (non-hydrogen) atoms. The van der Waals surface area contributed by atoms with Crippen LogP contribution in [0.4, 0.5) is 19.0 Å². The van der Waals surface area contributed by atoms with Gasteiger partial charge in [-0.25, -0.2) is 4.98 Å². The Morgan fingerprint density at radius 2 is 1.92 bits per heavy atom. The number of rotatable bonds is 4. The number of alkyl halides is 3. The number of ether oxygens (including phenoxy) is 2. The van der Waals surface area contributed by atoms with Gasteiger partial charge in [0.1, 0.15) is 11.5 Å². The molecule has 206 valence electrons. The molecule has 8 nitrogen and oxygen atoms in total. The minimum absolute atomic E-state index is 0.0266. The summed E-state index contributed by atoms with van der Waals surface area (Å²) in [5, 5.41) is 9.99. The predicted molar refractivity (Wildman–Crippen MR) is 137 cm³/mol. The third-order valence-corrected chi connectivity index (χ3v) is 8.84. The first kappa shape index (κ1) is 25.1. The second-order valence-corrected chi connectivity index (χ2v) is 11.6. The highest BCUT2D eigenvalue weighted by Crippen LogP contribution is 2.57. The van der Waals surface area contributed by atoms with Crippen LogP contribution in [0.2, 0.25) is 5.02 Å². The van der Waals surface area contributed by atoms with Crippen molar-refractivity contribution in [2.75, 3.05) is 38.3 Å². The summed E-state index contributed by atoms with van der Waals surface area (Å²) in [5.74, 6) is 2.67. The monoisotopic (exact) mass is 560 g/mol. The van der Waals surface area contributed by atoms with E-state index in [4.69, 9.17) is 21.1 Å². The van der Waals surface area contributed by atoms with Gasteiger partial charge in [0.05, 0.1) is 25.9 Å². The maximum absolute atomic E-state index is 13.3. The number of nitrogens with zero attached hydrogens (tertiary/aromatic N) is 6. The maximum Gasteiger partial charge on any atom is 0.433 e. The van der Waals surface area contributed by atoms with Crippen molar-refractivity contribution in [3.8, 4) is 11.4 Å². The predicted octanol–water partition coefficient (Wildman–Crippen LogP) is 4.83. The molecule has 0 unspecified atom stereocenters. The summed E-state index contributed by atoms with van der Waals surface area (Å²) >= 11 is 6.40. The van der Waals surface area contributed by atoms with Gasteiger partial charge in [-0.15, -0.1) is 10.2 Å². The molecule has 1 saturated carbocycles. The Balaban J connectivity index is 1.12. The molecule has 1 aromatic carbocycles. The fourth-order valence-electron chi connectivity index (χ4n) is 6.70. The molecule has 3 aliphatic heterocycles. The van der Waals surface area contributed by atoms with Crippen molar-refractivity contribution >= 4 is 17.4 Å². The number of hydrogen-bond donors (Lipinski definition) is 0. The number of methoxy groups -OCH3 is 1. The average molecular weight is 561 g/mol. The van der Waals surface area contributed by atoms with Crippen molar-refractivity contribution in [2.24, 2.45) is 5.41 Å². The highest BCUT2D eigenvalue weighted by molar-refractivity contribution is 6.30. The second kappa shape index (κ2) is 9.07. The number of aromatic nitrogens is 4. The van der Waals surface area contributed by atoms with Crippen LogP contribution in [0, 0.1) is 5.41 Å². The highest BCUT2D eigenvalue weighted by atomic mass is 35.5. The lowest BCUT2D eigenvalue weighted by Crippen LogP contribution is -2.62. The smallest absolute Gasteiger partial charge is 0.433 e. The number of halogens is 4. The number of fused-ring (bicyclic) bond motifs is 3. The van der Waals surface area contributed by atoms with Gasteiger partial charge in [0.15, 0.2) is 17.4 Å². The van der Waals surface area contributed by atoms with Gasteiger partial charge in [-0.2, -0.15) is 13.2 Å². The molecular weight excluding hydrogens is 533 g/mol. The van der Waals surface area contributed by atoms with Crippen LogP contribution in [0.15, 0.2) is 30.3 Å². The lowest BCUT2D eigenvalue weighted by molar-refractivity contribution is -0.141. The zero-order chi connectivity index (χ0) is 26.9. The molecule has 12 heteroatoms. The average Bonchev–Trinajstić information content (AvgIpc) is 3.50. The summed E-state index contributed by atoms with van der Waals surface area (Å²) in [6, 6.07) is 8.62. The number of pyridine rings is 1. The van der Waals surface area contributed by atoms with E-state index in [1.807, 2.05) is 23.1 Å². The van der Waals surface area contributed by atoms with Gasteiger partial charge in [-0.05, 0) is 55.2 Å². The lowest BCUT2D eigenvalue weighted by Gasteiger charge is -2.59. The SMILES string of the molecule is COc1ccc(C(F)(F)F)nc1N1CC2(CC(c3nnc4n3-c3ccc(Cl)cc3CN([C@@H]3CCOC3)C4)C2)C1. The minimum Gasteiger partial charge on any atom is -0.493 e. The van der Waals surface area contributed by atoms with Crippen molar-refractivity contribution < 1.29 is 22.6 Å². The van der Waals surface area contributed by atoms with E-state index < -0.39 is 11.9 Å². The van der Waals surface area contributed by atoms with Gasteiger partial charge in [-0.3, -0.25) is 9.47 Å². The standard InChI is InChI=1S/C27H28ClF3N6O2/c1-38-21-4-5-22(27(29,30)31)32-25(21)36-14-26(15-36)9-17(10-26)24-34-33-23-12-35(19-6-7-39-13-19)11-16-8-18(28)2-3-20(16)37(23)24/h2-5,8,17,19H,6-7,9-15H2,1H3/t19-/m1/s1. The largest absolute Gasteiger partial charge is 0.493 e. The Labute approximate surface area is 228 Å². The van der Waals surface area contributed by atoms with Crippen LogP contribution in [0.5, 0.6) is 5.75 Å². The molecule has 3 fully saturated rings. The Morgan fingerprint density at radius 3 is 2.64 bits per heavy atom. The Bertz CT molecular complexity index is 1410. The first-order valence-corrected chi connectivity index (χ1v) is 13.5. The number of anilines is 1. The van der Waals surface area contributed by atoms with Crippen LogP contribution < -0.4 is 9.64 Å². The van der Waals surface area contributed by atoms with E-state index in [-0.39, 0.29) is 17.2 Å². The molecule has 4 aliphatic rings.